The summed E-state index contributed by atoms with van der Waals surface area (Å²) in [5, 5.41) is 0. The van der Waals surface area contributed by atoms with Gasteiger partial charge < -0.3 is 4.90 Å². The van der Waals surface area contributed by atoms with Crippen molar-refractivity contribution in [3.63, 3.8) is 0 Å². The van der Waals surface area contributed by atoms with Gasteiger partial charge in [0.1, 0.15) is 0 Å². The Hall–Kier alpha value is 0.960. The second kappa shape index (κ2) is 4.96. The van der Waals surface area contributed by atoms with Crippen molar-refractivity contribution in [1.29, 1.82) is 0 Å². The number of hydrogen-bond donors (Lipinski definition) is 0. The van der Waals surface area contributed by atoms with E-state index in [2.05, 4.69) is 0 Å². The van der Waals surface area contributed by atoms with Crippen LogP contribution < -0.4 is 29.6 Å². The number of hydrogen-bond acceptors (Lipinski definition) is 1. The summed E-state index contributed by atoms with van der Waals surface area (Å²) in [7, 11) is 6.00. The Morgan fingerprint density at radius 2 is 1.00 bits per heavy atom. The third kappa shape index (κ3) is 47.2. The summed E-state index contributed by atoms with van der Waals surface area (Å²) in [5.41, 5.74) is 0. The zero-order valence-electron chi connectivity index (χ0n) is 4.45. The minimum absolute atomic E-state index is 0. The molecule has 1 nitrogen and oxygen atoms in total. The van der Waals surface area contributed by atoms with Gasteiger partial charge in [0.05, 0.1) is 0 Å². The van der Waals surface area contributed by atoms with Gasteiger partial charge in [0.2, 0.25) is 0 Å². The second-order valence-corrected chi connectivity index (χ2v) is 1.34. The third-order valence-corrected chi connectivity index (χ3v) is 0. The monoisotopic (exact) mass is 82.1 g/mol. The van der Waals surface area contributed by atoms with Crippen LogP contribution in [0.3, 0.4) is 0 Å². The Bertz CT molecular complexity index is 11.6. The normalized spacial score (nSPS) is 7.20. The van der Waals surface area contributed by atoms with Crippen LogP contribution in [0.25, 0.3) is 0 Å². The van der Waals surface area contributed by atoms with Gasteiger partial charge >= 0.3 is 29.6 Å². The molecule has 5 heavy (non-hydrogen) atoms. The standard InChI is InChI=1S/C3H9N.Na/c1-4(2)3;/h1-3H3;/q;+1. The smallest absolute Gasteiger partial charge is 0.312 e. The summed E-state index contributed by atoms with van der Waals surface area (Å²) < 4.78 is 0. The van der Waals surface area contributed by atoms with E-state index in [0.29, 0.717) is 0 Å². The molecule has 0 spiro atoms. The molecule has 0 unspecified atom stereocenters. The van der Waals surface area contributed by atoms with Gasteiger partial charge in [-0.05, 0) is 21.1 Å². The number of nitrogens with zero attached hydrogens (tertiary/aromatic N) is 1. The molecule has 0 rings (SSSR count). The zero-order chi connectivity index (χ0) is 3.58. The Balaban J connectivity index is 0. The maximum atomic E-state index is 2.00. The van der Waals surface area contributed by atoms with Crippen LogP contribution in [0.5, 0.6) is 0 Å². The molecule has 0 aromatic carbocycles. The van der Waals surface area contributed by atoms with E-state index in [1.54, 1.807) is 0 Å². The predicted octanol–water partition coefficient (Wildman–Crippen LogP) is -2.82. The first-order chi connectivity index (χ1) is 1.73. The van der Waals surface area contributed by atoms with E-state index >= 15 is 0 Å². The molecule has 2 heteroatoms. The molecule has 0 heterocycles. The van der Waals surface area contributed by atoms with Gasteiger partial charge in [0.25, 0.3) is 0 Å². The zero-order valence-corrected chi connectivity index (χ0v) is 6.45. The molecule has 0 aromatic rings. The molecule has 26 valence electrons. The van der Waals surface area contributed by atoms with Crippen molar-refractivity contribution in [2.45, 2.75) is 0 Å². The van der Waals surface area contributed by atoms with Crippen LogP contribution in [-0.2, 0) is 0 Å². The van der Waals surface area contributed by atoms with Crippen molar-refractivity contribution in [2.24, 2.45) is 0 Å². The fourth-order valence-corrected chi connectivity index (χ4v) is 0. The first kappa shape index (κ1) is 9.35. The summed E-state index contributed by atoms with van der Waals surface area (Å²) >= 11 is 0. The van der Waals surface area contributed by atoms with Crippen molar-refractivity contribution in [3.05, 3.63) is 0 Å². The Kier molecular flexibility index (Phi) is 9.28. The topological polar surface area (TPSA) is 3.24 Å². The van der Waals surface area contributed by atoms with E-state index in [9.17, 15) is 0 Å². The van der Waals surface area contributed by atoms with E-state index < -0.39 is 0 Å². The summed E-state index contributed by atoms with van der Waals surface area (Å²) in [4.78, 5) is 2.00. The van der Waals surface area contributed by atoms with Crippen molar-refractivity contribution in [3.8, 4) is 0 Å². The van der Waals surface area contributed by atoms with Gasteiger partial charge in [0, 0.05) is 0 Å². The molecular formula is C3H9NNa+. The van der Waals surface area contributed by atoms with E-state index in [-0.39, 0.29) is 29.6 Å². The SMILES string of the molecule is CN(C)C.[Na+]. The Morgan fingerprint density at radius 3 is 1.00 bits per heavy atom. The second-order valence-electron chi connectivity index (χ2n) is 1.34. The van der Waals surface area contributed by atoms with Crippen molar-refractivity contribution < 1.29 is 29.6 Å². The Labute approximate surface area is 55.6 Å². The molecule has 0 aromatic heterocycles. The van der Waals surface area contributed by atoms with Crippen LogP contribution in [-0.4, -0.2) is 26.0 Å². The van der Waals surface area contributed by atoms with Crippen LogP contribution in [0.1, 0.15) is 0 Å². The number of rotatable bonds is 0. The molecule has 0 atom stereocenters. The summed E-state index contributed by atoms with van der Waals surface area (Å²) in [5.74, 6) is 0. The van der Waals surface area contributed by atoms with Gasteiger partial charge in [-0.3, -0.25) is 0 Å². The maximum Gasteiger partial charge on any atom is 1.00 e. The van der Waals surface area contributed by atoms with Gasteiger partial charge in [-0.15, -0.1) is 0 Å². The van der Waals surface area contributed by atoms with E-state index in [1.807, 2.05) is 26.0 Å². The van der Waals surface area contributed by atoms with Crippen LogP contribution in [0, 0.1) is 0 Å². The molecule has 0 aliphatic carbocycles. The molecule has 0 bridgehead atoms. The predicted molar refractivity (Wildman–Crippen MR) is 19.6 cm³/mol. The summed E-state index contributed by atoms with van der Waals surface area (Å²) in [6.07, 6.45) is 0. The fourth-order valence-electron chi connectivity index (χ4n) is 0. The molecule has 0 aliphatic rings. The molecule has 0 N–H and O–H groups in total. The van der Waals surface area contributed by atoms with Gasteiger partial charge in [0.15, 0.2) is 0 Å². The van der Waals surface area contributed by atoms with Gasteiger partial charge in [-0.25, -0.2) is 0 Å². The third-order valence-electron chi connectivity index (χ3n) is 0. The average Bonchev–Trinajstić information content (AvgIpc) is 0.811. The van der Waals surface area contributed by atoms with Crippen LogP contribution in [0.2, 0.25) is 0 Å². The fraction of sp³-hybridized carbons (Fsp3) is 1.00. The molecule has 0 amide bonds. The van der Waals surface area contributed by atoms with Gasteiger partial charge in [-0.1, -0.05) is 0 Å². The first-order valence-corrected chi connectivity index (χ1v) is 1.34. The van der Waals surface area contributed by atoms with Crippen molar-refractivity contribution in [2.75, 3.05) is 21.1 Å². The molecule has 0 fully saturated rings. The minimum Gasteiger partial charge on any atom is -0.312 e. The Morgan fingerprint density at radius 1 is 1.00 bits per heavy atom. The first-order valence-electron chi connectivity index (χ1n) is 1.34. The van der Waals surface area contributed by atoms with Crippen LogP contribution in [0.4, 0.5) is 0 Å². The van der Waals surface area contributed by atoms with E-state index in [4.69, 9.17) is 0 Å². The molecular weight excluding hydrogens is 73.0 g/mol. The van der Waals surface area contributed by atoms with Crippen molar-refractivity contribution >= 4 is 0 Å². The minimum atomic E-state index is 0. The van der Waals surface area contributed by atoms with Crippen LogP contribution in [0.15, 0.2) is 0 Å². The van der Waals surface area contributed by atoms with Gasteiger partial charge in [-0.2, -0.15) is 0 Å². The largest absolute Gasteiger partial charge is 1.00 e. The summed E-state index contributed by atoms with van der Waals surface area (Å²) in [6, 6.07) is 0. The molecule has 0 aliphatic heterocycles. The van der Waals surface area contributed by atoms with E-state index in [0.717, 1.165) is 0 Å². The molecule has 0 saturated carbocycles. The van der Waals surface area contributed by atoms with E-state index in [1.165, 1.54) is 0 Å². The van der Waals surface area contributed by atoms with Crippen LogP contribution >= 0.6 is 0 Å². The maximum absolute atomic E-state index is 2.00. The van der Waals surface area contributed by atoms with Crippen molar-refractivity contribution in [1.82, 2.24) is 4.90 Å². The average molecular weight is 82.1 g/mol. The summed E-state index contributed by atoms with van der Waals surface area (Å²) in [6.45, 7) is 0. The molecule has 0 saturated heterocycles. The quantitative estimate of drug-likeness (QED) is 0.285. The molecule has 0 radical (unpaired) electrons.